The predicted molar refractivity (Wildman–Crippen MR) is 136 cm³/mol. The molecule has 3 heterocycles. The number of anilines is 1. The van der Waals surface area contributed by atoms with E-state index in [0.29, 0.717) is 21.7 Å². The number of fused-ring (bicyclic) bond motifs is 1. The average Bonchev–Trinajstić information content (AvgIpc) is 3.51. The number of imidazole rings is 1. The Morgan fingerprint density at radius 2 is 1.89 bits per heavy atom. The molecule has 0 spiro atoms. The molecule has 176 valence electrons. The van der Waals surface area contributed by atoms with Crippen molar-refractivity contribution in [3.05, 3.63) is 76.4 Å². The zero-order valence-electron chi connectivity index (χ0n) is 18.8. The molecule has 0 unspecified atom stereocenters. The Bertz CT molecular complexity index is 1450. The SMILES string of the molecule is Cc1cccc(C)c1NC(=O)CN1C(=O)SC(=Cc2ccc(Sc3nc4ccccc4[nH]3)o2)C1=O. The quantitative estimate of drug-likeness (QED) is 0.329. The summed E-state index contributed by atoms with van der Waals surface area (Å²) in [5.74, 6) is -0.540. The highest BCUT2D eigenvalue weighted by Gasteiger charge is 2.36. The molecule has 8 nitrogen and oxygen atoms in total. The van der Waals surface area contributed by atoms with Gasteiger partial charge in [0.2, 0.25) is 5.91 Å². The van der Waals surface area contributed by atoms with Gasteiger partial charge in [0, 0.05) is 11.8 Å². The minimum absolute atomic E-state index is 0.199. The number of furan rings is 1. The highest BCUT2D eigenvalue weighted by Crippen LogP contribution is 2.34. The van der Waals surface area contributed by atoms with Crippen LogP contribution in [0.1, 0.15) is 16.9 Å². The van der Waals surface area contributed by atoms with E-state index < -0.39 is 17.1 Å². The second-order valence-corrected chi connectivity index (χ2v) is 9.89. The van der Waals surface area contributed by atoms with Crippen molar-refractivity contribution in [2.24, 2.45) is 0 Å². The van der Waals surface area contributed by atoms with Crippen LogP contribution in [-0.2, 0) is 9.59 Å². The summed E-state index contributed by atoms with van der Waals surface area (Å²) in [6, 6.07) is 16.9. The van der Waals surface area contributed by atoms with Crippen molar-refractivity contribution in [3.63, 3.8) is 0 Å². The molecule has 0 radical (unpaired) electrons. The number of para-hydroxylation sites is 3. The summed E-state index contributed by atoms with van der Waals surface area (Å²) in [5, 5.41) is 3.57. The third-order valence-corrected chi connectivity index (χ3v) is 7.08. The Morgan fingerprint density at radius 1 is 1.11 bits per heavy atom. The Kier molecular flexibility index (Phi) is 6.23. The summed E-state index contributed by atoms with van der Waals surface area (Å²) in [4.78, 5) is 46.7. The number of hydrogen-bond donors (Lipinski definition) is 2. The lowest BCUT2D eigenvalue weighted by Crippen LogP contribution is -2.36. The van der Waals surface area contributed by atoms with Gasteiger partial charge in [0.1, 0.15) is 12.3 Å². The number of benzene rings is 2. The lowest BCUT2D eigenvalue weighted by Gasteiger charge is -2.15. The van der Waals surface area contributed by atoms with Crippen molar-refractivity contribution in [1.82, 2.24) is 14.9 Å². The zero-order chi connectivity index (χ0) is 24.5. The standard InChI is InChI=1S/C25H20N4O4S2/c1-14-6-5-7-15(2)22(14)28-20(30)13-29-23(31)19(34-25(29)32)12-16-10-11-21(33-16)35-24-26-17-8-3-4-9-18(17)27-24/h3-12H,13H2,1-2H3,(H,26,27)(H,28,30). The highest BCUT2D eigenvalue weighted by molar-refractivity contribution is 8.18. The number of nitrogens with zero attached hydrogens (tertiary/aromatic N) is 2. The van der Waals surface area contributed by atoms with Crippen molar-refractivity contribution < 1.29 is 18.8 Å². The molecule has 10 heteroatoms. The summed E-state index contributed by atoms with van der Waals surface area (Å²) < 4.78 is 5.80. The van der Waals surface area contributed by atoms with Gasteiger partial charge in [-0.15, -0.1) is 0 Å². The summed E-state index contributed by atoms with van der Waals surface area (Å²) in [5.41, 5.74) is 4.28. The summed E-state index contributed by atoms with van der Waals surface area (Å²) in [7, 11) is 0. The van der Waals surface area contributed by atoms with Crippen LogP contribution in [0.25, 0.3) is 17.1 Å². The van der Waals surface area contributed by atoms with E-state index in [9.17, 15) is 14.4 Å². The minimum Gasteiger partial charge on any atom is -0.450 e. The number of carbonyl (C=O) groups is 3. The van der Waals surface area contributed by atoms with Gasteiger partial charge >= 0.3 is 0 Å². The number of H-pyrrole nitrogens is 1. The summed E-state index contributed by atoms with van der Waals surface area (Å²) >= 11 is 2.10. The number of thioether (sulfide) groups is 1. The molecule has 1 fully saturated rings. The Balaban J connectivity index is 1.25. The van der Waals surface area contributed by atoms with Crippen LogP contribution in [0.5, 0.6) is 0 Å². The number of imide groups is 1. The molecule has 2 N–H and O–H groups in total. The average molecular weight is 505 g/mol. The van der Waals surface area contributed by atoms with Gasteiger partial charge in [-0.2, -0.15) is 0 Å². The van der Waals surface area contributed by atoms with E-state index in [1.165, 1.54) is 17.8 Å². The molecule has 0 aliphatic carbocycles. The minimum atomic E-state index is -0.528. The van der Waals surface area contributed by atoms with Crippen molar-refractivity contribution in [1.29, 1.82) is 0 Å². The van der Waals surface area contributed by atoms with Gasteiger partial charge in [-0.1, -0.05) is 30.3 Å². The van der Waals surface area contributed by atoms with Crippen LogP contribution < -0.4 is 5.32 Å². The highest BCUT2D eigenvalue weighted by atomic mass is 32.2. The van der Waals surface area contributed by atoms with E-state index in [0.717, 1.165) is 38.8 Å². The smallest absolute Gasteiger partial charge is 0.294 e. The van der Waals surface area contributed by atoms with Crippen LogP contribution in [0.4, 0.5) is 10.5 Å². The molecular formula is C25H20N4O4S2. The number of aromatic amines is 1. The normalized spacial score (nSPS) is 14.9. The van der Waals surface area contributed by atoms with E-state index >= 15 is 0 Å². The van der Waals surface area contributed by atoms with Crippen molar-refractivity contribution in [2.75, 3.05) is 11.9 Å². The number of aromatic nitrogens is 2. The Morgan fingerprint density at radius 3 is 2.66 bits per heavy atom. The first-order valence-electron chi connectivity index (χ1n) is 10.7. The predicted octanol–water partition coefficient (Wildman–Crippen LogP) is 5.60. The lowest BCUT2D eigenvalue weighted by atomic mass is 10.1. The molecule has 4 aromatic rings. The first-order chi connectivity index (χ1) is 16.9. The zero-order valence-corrected chi connectivity index (χ0v) is 20.5. The van der Waals surface area contributed by atoms with E-state index in [-0.39, 0.29) is 11.4 Å². The van der Waals surface area contributed by atoms with Crippen LogP contribution >= 0.6 is 23.5 Å². The second kappa shape index (κ2) is 9.47. The molecule has 1 aliphatic rings. The maximum Gasteiger partial charge on any atom is 0.294 e. The lowest BCUT2D eigenvalue weighted by molar-refractivity contribution is -0.127. The molecule has 2 aromatic heterocycles. The number of rotatable bonds is 6. The number of carbonyl (C=O) groups excluding carboxylic acids is 3. The molecule has 0 saturated carbocycles. The molecule has 0 atom stereocenters. The number of aryl methyl sites for hydroxylation is 2. The van der Waals surface area contributed by atoms with E-state index in [1.54, 1.807) is 12.1 Å². The van der Waals surface area contributed by atoms with Gasteiger partial charge in [0.25, 0.3) is 11.1 Å². The van der Waals surface area contributed by atoms with Crippen LogP contribution in [0.3, 0.4) is 0 Å². The summed E-state index contributed by atoms with van der Waals surface area (Å²) in [6.07, 6.45) is 1.51. The van der Waals surface area contributed by atoms with Crippen LogP contribution in [0, 0.1) is 13.8 Å². The van der Waals surface area contributed by atoms with Crippen LogP contribution in [-0.4, -0.2) is 38.5 Å². The van der Waals surface area contributed by atoms with Crippen molar-refractivity contribution >= 4 is 63.4 Å². The van der Waals surface area contributed by atoms with E-state index in [1.807, 2.05) is 56.3 Å². The van der Waals surface area contributed by atoms with Gasteiger partial charge in [-0.25, -0.2) is 4.98 Å². The second-order valence-electron chi connectivity index (χ2n) is 7.90. The molecule has 35 heavy (non-hydrogen) atoms. The fraction of sp³-hybridized carbons (Fsp3) is 0.120. The summed E-state index contributed by atoms with van der Waals surface area (Å²) in [6.45, 7) is 3.41. The molecule has 1 aliphatic heterocycles. The molecule has 5 rings (SSSR count). The topological polar surface area (TPSA) is 108 Å². The fourth-order valence-electron chi connectivity index (χ4n) is 3.64. The Hall–Kier alpha value is -3.76. The maximum absolute atomic E-state index is 12.8. The number of nitrogens with one attached hydrogen (secondary N) is 2. The largest absolute Gasteiger partial charge is 0.450 e. The van der Waals surface area contributed by atoms with Gasteiger partial charge in [-0.3, -0.25) is 19.3 Å². The first kappa shape index (κ1) is 23.0. The van der Waals surface area contributed by atoms with Gasteiger partial charge < -0.3 is 14.7 Å². The molecule has 1 saturated heterocycles. The van der Waals surface area contributed by atoms with Gasteiger partial charge in [0.05, 0.1) is 15.9 Å². The molecule has 0 bridgehead atoms. The molecule has 2 aromatic carbocycles. The van der Waals surface area contributed by atoms with Gasteiger partial charge in [0.15, 0.2) is 10.2 Å². The third-order valence-electron chi connectivity index (χ3n) is 5.36. The first-order valence-corrected chi connectivity index (χ1v) is 12.3. The monoisotopic (exact) mass is 504 g/mol. The van der Waals surface area contributed by atoms with Gasteiger partial charge in [-0.05, 0) is 72.8 Å². The number of amides is 3. The van der Waals surface area contributed by atoms with Crippen molar-refractivity contribution in [3.8, 4) is 0 Å². The molecule has 3 amide bonds. The fourth-order valence-corrected chi connectivity index (χ4v) is 5.23. The molecular weight excluding hydrogens is 484 g/mol. The van der Waals surface area contributed by atoms with E-state index in [2.05, 4.69) is 15.3 Å². The maximum atomic E-state index is 12.8. The Labute approximate surface area is 209 Å². The third kappa shape index (κ3) is 4.89. The number of hydrogen-bond acceptors (Lipinski definition) is 7. The van der Waals surface area contributed by atoms with Crippen LogP contribution in [0.2, 0.25) is 0 Å². The van der Waals surface area contributed by atoms with E-state index in [4.69, 9.17) is 4.42 Å². The van der Waals surface area contributed by atoms with Crippen LogP contribution in [0.15, 0.2) is 74.2 Å². The van der Waals surface area contributed by atoms with Crippen molar-refractivity contribution in [2.45, 2.75) is 24.1 Å².